The third-order valence-corrected chi connectivity index (χ3v) is 7.09. The highest BCUT2D eigenvalue weighted by molar-refractivity contribution is 5.96. The second kappa shape index (κ2) is 17.1. The van der Waals surface area contributed by atoms with Crippen LogP contribution in [0.25, 0.3) is 0 Å². The molecule has 2 heterocycles. The van der Waals surface area contributed by atoms with Gasteiger partial charge in [0.2, 0.25) is 23.6 Å². The molecule has 0 spiro atoms. The first-order valence-corrected chi connectivity index (χ1v) is 15.8. The number of hydrogen-bond acceptors (Lipinski definition) is 9. The van der Waals surface area contributed by atoms with Crippen LogP contribution in [0, 0.1) is 27.7 Å². The molecule has 4 aromatic rings. The number of nitrogens with zero attached hydrogens (tertiary/aromatic N) is 2. The minimum atomic E-state index is -0.763. The van der Waals surface area contributed by atoms with Gasteiger partial charge in [-0.25, -0.2) is 14.8 Å². The van der Waals surface area contributed by atoms with Crippen molar-refractivity contribution >= 4 is 29.3 Å². The van der Waals surface area contributed by atoms with Gasteiger partial charge in [-0.05, 0) is 109 Å². The van der Waals surface area contributed by atoms with Gasteiger partial charge in [0.15, 0.2) is 0 Å². The second-order valence-corrected chi connectivity index (χ2v) is 12.5. The molecule has 0 bridgehead atoms. The van der Waals surface area contributed by atoms with Gasteiger partial charge in [0, 0.05) is 12.1 Å². The number of carbonyl (C=O) groups is 3. The highest BCUT2D eigenvalue weighted by Crippen LogP contribution is 2.27. The Labute approximate surface area is 287 Å². The molecule has 5 N–H and O–H groups in total. The van der Waals surface area contributed by atoms with E-state index >= 15 is 0 Å². The molecule has 0 saturated carbocycles. The number of aromatic nitrogens is 2. The van der Waals surface area contributed by atoms with Crippen LogP contribution in [0.5, 0.6) is 23.3 Å². The number of aryl methyl sites for hydroxylation is 2. The summed E-state index contributed by atoms with van der Waals surface area (Å²) in [6.07, 6.45) is 2.39. The summed E-state index contributed by atoms with van der Waals surface area (Å²) in [4.78, 5) is 43.9. The number of rotatable bonds is 9. The summed E-state index contributed by atoms with van der Waals surface area (Å²) in [7, 11) is 0. The number of nitrogens with one attached hydrogen (secondary N) is 3. The van der Waals surface area contributed by atoms with E-state index in [4.69, 9.17) is 19.9 Å². The summed E-state index contributed by atoms with van der Waals surface area (Å²) in [6, 6.07) is 17.2. The van der Waals surface area contributed by atoms with Gasteiger partial charge in [0.05, 0.1) is 29.8 Å². The van der Waals surface area contributed by atoms with E-state index in [0.29, 0.717) is 23.1 Å². The van der Waals surface area contributed by atoms with E-state index in [9.17, 15) is 14.4 Å². The van der Waals surface area contributed by atoms with Crippen LogP contribution >= 0.6 is 0 Å². The molecule has 2 aromatic carbocycles. The second-order valence-electron chi connectivity index (χ2n) is 12.5. The van der Waals surface area contributed by atoms with Gasteiger partial charge in [-0.2, -0.15) is 0 Å². The van der Waals surface area contributed by atoms with Crippen LogP contribution in [0.4, 0.5) is 16.2 Å². The molecule has 0 aliphatic carbocycles. The number of anilines is 2. The van der Waals surface area contributed by atoms with Gasteiger partial charge >= 0.3 is 6.09 Å². The van der Waals surface area contributed by atoms with Crippen molar-refractivity contribution < 1.29 is 28.6 Å². The maximum atomic E-state index is 12.2. The van der Waals surface area contributed by atoms with E-state index in [2.05, 4.69) is 25.9 Å². The Balaban J connectivity index is 0.000000276. The van der Waals surface area contributed by atoms with Crippen LogP contribution in [0.15, 0.2) is 73.1 Å². The molecule has 0 saturated heterocycles. The van der Waals surface area contributed by atoms with Gasteiger partial charge < -0.3 is 35.9 Å². The molecule has 0 unspecified atom stereocenters. The lowest BCUT2D eigenvalue weighted by atomic mass is 10.1. The zero-order valence-electron chi connectivity index (χ0n) is 29.5. The Morgan fingerprint density at radius 3 is 1.53 bits per heavy atom. The van der Waals surface area contributed by atoms with E-state index in [1.807, 2.05) is 64.1 Å². The fourth-order valence-corrected chi connectivity index (χ4v) is 3.98. The normalized spacial score (nSPS) is 12.0. The van der Waals surface area contributed by atoms with Crippen molar-refractivity contribution in [2.45, 2.75) is 80.0 Å². The number of pyridine rings is 2. The SMILES string of the molecule is Cc1cccc(Oc2ccc(NC(=O)[C@@H](C)N)cn2)c1C.Cc1cccc(Oc2ccc(NC(=O)[C@@H](C)NC(=O)OC(C)(C)C)cn2)c1C. The highest BCUT2D eigenvalue weighted by Gasteiger charge is 2.21. The molecule has 12 heteroatoms. The first kappa shape index (κ1) is 38.0. The van der Waals surface area contributed by atoms with Gasteiger partial charge in [-0.15, -0.1) is 0 Å². The first-order chi connectivity index (χ1) is 23.0. The average molecular weight is 671 g/mol. The largest absolute Gasteiger partial charge is 0.444 e. The zero-order chi connectivity index (χ0) is 36.3. The summed E-state index contributed by atoms with van der Waals surface area (Å²) in [6.45, 7) is 16.5. The quantitative estimate of drug-likeness (QED) is 0.145. The molecular formula is C37H46N6O6. The van der Waals surface area contributed by atoms with Crippen molar-refractivity contribution in [2.75, 3.05) is 10.6 Å². The molecular weight excluding hydrogens is 624 g/mol. The molecule has 4 rings (SSSR count). The Hall–Kier alpha value is -5.49. The lowest BCUT2D eigenvalue weighted by Gasteiger charge is -2.21. The predicted molar refractivity (Wildman–Crippen MR) is 190 cm³/mol. The number of hydrogen-bond donors (Lipinski definition) is 4. The Kier molecular flexibility index (Phi) is 13.2. The minimum Gasteiger partial charge on any atom is -0.444 e. The van der Waals surface area contributed by atoms with Crippen LogP contribution in [0.1, 0.15) is 56.9 Å². The molecule has 49 heavy (non-hydrogen) atoms. The summed E-state index contributed by atoms with van der Waals surface area (Å²) in [5.74, 6) is 1.78. The van der Waals surface area contributed by atoms with Crippen molar-refractivity contribution in [3.63, 3.8) is 0 Å². The molecule has 0 aliphatic heterocycles. The lowest BCUT2D eigenvalue weighted by Crippen LogP contribution is -2.43. The highest BCUT2D eigenvalue weighted by atomic mass is 16.6. The summed E-state index contributed by atoms with van der Waals surface area (Å²) >= 11 is 0. The zero-order valence-corrected chi connectivity index (χ0v) is 29.5. The van der Waals surface area contributed by atoms with Crippen LogP contribution in [0.2, 0.25) is 0 Å². The maximum absolute atomic E-state index is 12.2. The molecule has 0 fully saturated rings. The fourth-order valence-electron chi connectivity index (χ4n) is 3.98. The smallest absolute Gasteiger partial charge is 0.408 e. The Morgan fingerprint density at radius 2 is 1.14 bits per heavy atom. The third-order valence-electron chi connectivity index (χ3n) is 7.09. The summed E-state index contributed by atoms with van der Waals surface area (Å²) < 4.78 is 16.7. The molecule has 0 aliphatic rings. The molecule has 0 radical (unpaired) electrons. The van der Waals surface area contributed by atoms with Crippen molar-refractivity contribution in [3.8, 4) is 23.3 Å². The number of benzene rings is 2. The van der Waals surface area contributed by atoms with Gasteiger partial charge in [-0.1, -0.05) is 24.3 Å². The van der Waals surface area contributed by atoms with E-state index in [1.54, 1.807) is 65.1 Å². The first-order valence-electron chi connectivity index (χ1n) is 15.8. The van der Waals surface area contributed by atoms with E-state index in [-0.39, 0.29) is 11.8 Å². The van der Waals surface area contributed by atoms with Crippen LogP contribution in [-0.2, 0) is 14.3 Å². The predicted octanol–water partition coefficient (Wildman–Crippen LogP) is 7.12. The molecule has 3 amide bonds. The molecule has 2 atom stereocenters. The van der Waals surface area contributed by atoms with Gasteiger partial charge in [0.1, 0.15) is 23.1 Å². The van der Waals surface area contributed by atoms with Crippen molar-refractivity contribution in [3.05, 3.63) is 95.3 Å². The van der Waals surface area contributed by atoms with Crippen molar-refractivity contribution in [1.29, 1.82) is 0 Å². The lowest BCUT2D eigenvalue weighted by molar-refractivity contribution is -0.118. The van der Waals surface area contributed by atoms with Crippen LogP contribution in [-0.4, -0.2) is 45.6 Å². The fraction of sp³-hybridized carbons (Fsp3) is 0.324. The molecule has 12 nitrogen and oxygen atoms in total. The van der Waals surface area contributed by atoms with Gasteiger partial charge in [0.25, 0.3) is 0 Å². The van der Waals surface area contributed by atoms with Crippen molar-refractivity contribution in [1.82, 2.24) is 15.3 Å². The minimum absolute atomic E-state index is 0.250. The standard InChI is InChI=1S/C21H27N3O4.C16H19N3O2/c1-13-8-7-9-17(14(13)2)27-18-11-10-16(12-22-18)24-19(25)15(3)23-20(26)28-21(4,5)6;1-10-5-4-6-14(11(10)2)21-15-8-7-13(9-18-15)19-16(20)12(3)17/h7-12,15H,1-6H3,(H,23,26)(H,24,25);4-9,12H,17H2,1-3H3,(H,19,20)/t15-;12-/m11/s1. The third kappa shape index (κ3) is 12.2. The summed E-state index contributed by atoms with van der Waals surface area (Å²) in [5, 5.41) is 7.86. The molecule has 260 valence electrons. The van der Waals surface area contributed by atoms with Gasteiger partial charge in [-0.3, -0.25) is 9.59 Å². The summed E-state index contributed by atoms with van der Waals surface area (Å²) in [5.41, 5.74) is 10.4. The van der Waals surface area contributed by atoms with Crippen LogP contribution < -0.4 is 31.2 Å². The number of carbonyl (C=O) groups excluding carboxylic acids is 3. The average Bonchev–Trinajstić information content (AvgIpc) is 3.03. The van der Waals surface area contributed by atoms with Crippen LogP contribution in [0.3, 0.4) is 0 Å². The number of alkyl carbamates (subject to hydrolysis) is 1. The monoisotopic (exact) mass is 670 g/mol. The maximum Gasteiger partial charge on any atom is 0.408 e. The van der Waals surface area contributed by atoms with Crippen molar-refractivity contribution in [2.24, 2.45) is 5.73 Å². The van der Waals surface area contributed by atoms with E-state index in [0.717, 1.165) is 33.8 Å². The van der Waals surface area contributed by atoms with E-state index < -0.39 is 23.8 Å². The molecule has 2 aromatic heterocycles. The Morgan fingerprint density at radius 1 is 0.694 bits per heavy atom. The number of nitrogens with two attached hydrogens (primary N) is 1. The Bertz CT molecular complexity index is 1730. The number of ether oxygens (including phenoxy) is 3. The topological polar surface area (TPSA) is 167 Å². The number of amides is 3. The van der Waals surface area contributed by atoms with E-state index in [1.165, 1.54) is 6.20 Å².